The summed E-state index contributed by atoms with van der Waals surface area (Å²) >= 11 is 0. The zero-order valence-electron chi connectivity index (χ0n) is 19.0. The third-order valence-corrected chi connectivity index (χ3v) is 6.83. The summed E-state index contributed by atoms with van der Waals surface area (Å²) < 4.78 is 5.35. The van der Waals surface area contributed by atoms with Crippen molar-refractivity contribution < 1.29 is 14.1 Å². The largest absolute Gasteiger partial charge is 0.361 e. The fourth-order valence-corrected chi connectivity index (χ4v) is 4.87. The molecular weight excluding hydrogens is 406 g/mol. The van der Waals surface area contributed by atoms with E-state index in [-0.39, 0.29) is 17.9 Å². The summed E-state index contributed by atoms with van der Waals surface area (Å²) in [6.45, 7) is 5.45. The van der Waals surface area contributed by atoms with Crippen LogP contribution in [0.3, 0.4) is 0 Å². The first-order valence-electron chi connectivity index (χ1n) is 12.0. The van der Waals surface area contributed by atoms with Gasteiger partial charge in [-0.25, -0.2) is 9.97 Å². The summed E-state index contributed by atoms with van der Waals surface area (Å²) in [6, 6.07) is 1.54. The Balaban J connectivity index is 1.46. The van der Waals surface area contributed by atoms with E-state index in [2.05, 4.69) is 12.1 Å². The van der Waals surface area contributed by atoms with Crippen LogP contribution in [0.5, 0.6) is 0 Å². The number of carbonyl (C=O) groups excluding carboxylic acids is 2. The molecule has 0 aromatic carbocycles. The van der Waals surface area contributed by atoms with E-state index in [1.165, 1.54) is 12.8 Å². The lowest BCUT2D eigenvalue weighted by Gasteiger charge is -2.36. The van der Waals surface area contributed by atoms with Gasteiger partial charge in [0.25, 0.3) is 5.91 Å². The Morgan fingerprint density at radius 1 is 1.19 bits per heavy atom. The first-order valence-corrected chi connectivity index (χ1v) is 12.0. The number of aryl methyl sites for hydroxylation is 2. The predicted octanol–water partition coefficient (Wildman–Crippen LogP) is 3.78. The highest BCUT2D eigenvalue weighted by Gasteiger charge is 2.36. The van der Waals surface area contributed by atoms with Crippen LogP contribution in [-0.4, -0.2) is 44.9 Å². The number of fused-ring (bicyclic) bond motifs is 1. The van der Waals surface area contributed by atoms with Crippen molar-refractivity contribution in [2.24, 2.45) is 5.92 Å². The zero-order chi connectivity index (χ0) is 22.2. The van der Waals surface area contributed by atoms with E-state index in [0.717, 1.165) is 61.5 Å². The zero-order valence-corrected chi connectivity index (χ0v) is 19.0. The van der Waals surface area contributed by atoms with Gasteiger partial charge < -0.3 is 9.42 Å². The van der Waals surface area contributed by atoms with Gasteiger partial charge in [-0.05, 0) is 57.8 Å². The monoisotopic (exact) mass is 437 g/mol. The van der Waals surface area contributed by atoms with Crippen LogP contribution in [0, 0.1) is 12.8 Å². The number of likely N-dealkylation sites (tertiary alicyclic amines) is 1. The molecule has 5 rings (SSSR count). The maximum atomic E-state index is 13.3. The molecule has 3 aliphatic rings. The van der Waals surface area contributed by atoms with E-state index < -0.39 is 0 Å². The quantitative estimate of drug-likeness (QED) is 0.683. The van der Waals surface area contributed by atoms with E-state index >= 15 is 0 Å². The van der Waals surface area contributed by atoms with E-state index in [4.69, 9.17) is 14.5 Å². The molecule has 2 aromatic heterocycles. The number of hydrogen-bond donors (Lipinski definition) is 0. The van der Waals surface area contributed by atoms with Crippen molar-refractivity contribution in [1.29, 1.82) is 0 Å². The standard InChI is InChI=1S/C24H31N5O3/c1-3-6-17-13-19(27-32-17)24(31)28-12-5-4-7-20(28)22-25-15(2)18-10-11-21(30)29(23(18)26-22)14-16-8-9-16/h13,16,20H,3-12,14H2,1-2H3/t20-/m0/s1. The predicted molar refractivity (Wildman–Crippen MR) is 118 cm³/mol. The molecule has 8 nitrogen and oxygen atoms in total. The molecule has 32 heavy (non-hydrogen) atoms. The lowest BCUT2D eigenvalue weighted by atomic mass is 9.99. The van der Waals surface area contributed by atoms with Crippen molar-refractivity contribution in [3.8, 4) is 0 Å². The maximum absolute atomic E-state index is 13.3. The average Bonchev–Trinajstić information content (AvgIpc) is 3.50. The summed E-state index contributed by atoms with van der Waals surface area (Å²) in [7, 11) is 0. The number of anilines is 1. The summed E-state index contributed by atoms with van der Waals surface area (Å²) in [5.41, 5.74) is 2.34. The van der Waals surface area contributed by atoms with E-state index in [1.807, 2.05) is 16.7 Å². The van der Waals surface area contributed by atoms with Gasteiger partial charge in [0.2, 0.25) is 5.91 Å². The summed E-state index contributed by atoms with van der Waals surface area (Å²) in [5.74, 6) is 2.74. The van der Waals surface area contributed by atoms with E-state index in [1.54, 1.807) is 6.07 Å². The molecule has 0 radical (unpaired) electrons. The number of piperidine rings is 1. The van der Waals surface area contributed by atoms with Gasteiger partial charge in [-0.2, -0.15) is 0 Å². The van der Waals surface area contributed by atoms with Gasteiger partial charge >= 0.3 is 0 Å². The van der Waals surface area contributed by atoms with E-state index in [0.29, 0.717) is 36.8 Å². The molecule has 8 heteroatoms. The molecule has 1 saturated carbocycles. The molecule has 2 aromatic rings. The minimum atomic E-state index is -0.216. The Morgan fingerprint density at radius 3 is 2.81 bits per heavy atom. The minimum Gasteiger partial charge on any atom is -0.361 e. The van der Waals surface area contributed by atoms with Crippen molar-refractivity contribution in [1.82, 2.24) is 20.0 Å². The highest BCUT2D eigenvalue weighted by atomic mass is 16.5. The van der Waals surface area contributed by atoms with Crippen LogP contribution < -0.4 is 4.90 Å². The van der Waals surface area contributed by atoms with Crippen LogP contribution in [0.1, 0.15) is 91.2 Å². The second-order valence-corrected chi connectivity index (χ2v) is 9.36. The molecule has 0 unspecified atom stereocenters. The molecule has 4 heterocycles. The molecule has 2 amide bonds. The van der Waals surface area contributed by atoms with Gasteiger partial charge in [0.1, 0.15) is 11.6 Å². The molecule has 0 spiro atoms. The highest BCUT2D eigenvalue weighted by Crippen LogP contribution is 2.37. The van der Waals surface area contributed by atoms with Crippen molar-refractivity contribution in [2.45, 2.75) is 77.7 Å². The molecule has 1 aliphatic carbocycles. The molecule has 0 N–H and O–H groups in total. The first-order chi connectivity index (χ1) is 15.5. The molecule has 2 aliphatic heterocycles. The van der Waals surface area contributed by atoms with Crippen molar-refractivity contribution in [3.63, 3.8) is 0 Å². The number of hydrogen-bond acceptors (Lipinski definition) is 6. The van der Waals surface area contributed by atoms with Gasteiger partial charge in [0.05, 0.1) is 6.04 Å². The minimum absolute atomic E-state index is 0.134. The van der Waals surface area contributed by atoms with Crippen LogP contribution >= 0.6 is 0 Å². The van der Waals surface area contributed by atoms with Gasteiger partial charge in [0.15, 0.2) is 11.5 Å². The Bertz CT molecular complexity index is 1030. The molecular formula is C24H31N5O3. The molecule has 1 saturated heterocycles. The van der Waals surface area contributed by atoms with Crippen LogP contribution in [0.4, 0.5) is 5.82 Å². The number of amides is 2. The number of carbonyl (C=O) groups is 2. The van der Waals surface area contributed by atoms with Crippen LogP contribution in [0.15, 0.2) is 10.6 Å². The first kappa shape index (κ1) is 21.1. The van der Waals surface area contributed by atoms with Crippen LogP contribution in [0.2, 0.25) is 0 Å². The smallest absolute Gasteiger partial charge is 0.276 e. The molecule has 2 fully saturated rings. The molecule has 0 bridgehead atoms. The average molecular weight is 438 g/mol. The fourth-order valence-electron chi connectivity index (χ4n) is 4.87. The molecule has 1 atom stereocenters. The third-order valence-electron chi connectivity index (χ3n) is 6.83. The van der Waals surface area contributed by atoms with Crippen molar-refractivity contribution in [2.75, 3.05) is 18.0 Å². The highest BCUT2D eigenvalue weighted by molar-refractivity contribution is 5.95. The maximum Gasteiger partial charge on any atom is 0.276 e. The van der Waals surface area contributed by atoms with Gasteiger partial charge in [-0.1, -0.05) is 12.1 Å². The van der Waals surface area contributed by atoms with E-state index in [9.17, 15) is 9.59 Å². The van der Waals surface area contributed by atoms with Crippen molar-refractivity contribution in [3.05, 3.63) is 34.6 Å². The second kappa shape index (κ2) is 8.64. The lowest BCUT2D eigenvalue weighted by Crippen LogP contribution is -2.41. The lowest BCUT2D eigenvalue weighted by molar-refractivity contribution is -0.119. The normalized spacial score (nSPS) is 21.1. The Hall–Kier alpha value is -2.77. The Kier molecular flexibility index (Phi) is 5.69. The summed E-state index contributed by atoms with van der Waals surface area (Å²) in [5, 5.41) is 4.03. The number of rotatable bonds is 6. The SMILES string of the molecule is CCCc1cc(C(=O)N2CCCC[C@H]2c2nc(C)c3c(n2)N(CC2CC2)C(=O)CC3)no1. The number of nitrogens with zero attached hydrogens (tertiary/aromatic N) is 5. The number of aromatic nitrogens is 3. The Morgan fingerprint density at radius 2 is 2.03 bits per heavy atom. The van der Waals surface area contributed by atoms with Crippen molar-refractivity contribution >= 4 is 17.6 Å². The van der Waals surface area contributed by atoms with Crippen LogP contribution in [0.25, 0.3) is 0 Å². The third kappa shape index (κ3) is 4.02. The molecule has 170 valence electrons. The second-order valence-electron chi connectivity index (χ2n) is 9.36. The topological polar surface area (TPSA) is 92.4 Å². The fraction of sp³-hybridized carbons (Fsp3) is 0.625. The Labute approximate surface area is 188 Å². The van der Waals surface area contributed by atoms with Crippen LogP contribution in [-0.2, 0) is 17.6 Å². The summed E-state index contributed by atoms with van der Waals surface area (Å²) in [4.78, 5) is 39.5. The van der Waals surface area contributed by atoms with Gasteiger partial charge in [0, 0.05) is 43.3 Å². The van der Waals surface area contributed by atoms with Gasteiger partial charge in [-0.15, -0.1) is 0 Å². The van der Waals surface area contributed by atoms with Gasteiger partial charge in [-0.3, -0.25) is 14.5 Å². The summed E-state index contributed by atoms with van der Waals surface area (Å²) in [6.07, 6.45) is 8.03.